The van der Waals surface area contributed by atoms with Crippen LogP contribution in [0.2, 0.25) is 0 Å². The second-order valence-corrected chi connectivity index (χ2v) is 5.14. The summed E-state index contributed by atoms with van der Waals surface area (Å²) < 4.78 is 5.43. The van der Waals surface area contributed by atoms with E-state index in [4.69, 9.17) is 4.74 Å². The summed E-state index contributed by atoms with van der Waals surface area (Å²) in [6.07, 6.45) is 2.02. The van der Waals surface area contributed by atoms with Gasteiger partial charge in [0.15, 0.2) is 0 Å². The SMILES string of the molecule is CCN(CC)c1nc(NC)nc(N(C)C2CCOCC2)n1. The molecule has 0 unspecified atom stereocenters. The largest absolute Gasteiger partial charge is 0.381 e. The van der Waals surface area contributed by atoms with Gasteiger partial charge in [0.25, 0.3) is 0 Å². The minimum atomic E-state index is 0.426. The minimum Gasteiger partial charge on any atom is -0.381 e. The summed E-state index contributed by atoms with van der Waals surface area (Å²) in [6, 6.07) is 0.426. The van der Waals surface area contributed by atoms with Gasteiger partial charge in [0.1, 0.15) is 0 Å². The predicted molar refractivity (Wildman–Crippen MR) is 85.2 cm³/mol. The number of rotatable bonds is 6. The van der Waals surface area contributed by atoms with Crippen LogP contribution in [0.4, 0.5) is 17.8 Å². The average Bonchev–Trinajstić information content (AvgIpc) is 2.55. The fourth-order valence-corrected chi connectivity index (χ4v) is 2.51. The van der Waals surface area contributed by atoms with Gasteiger partial charge in [0, 0.05) is 46.4 Å². The van der Waals surface area contributed by atoms with E-state index in [2.05, 4.69) is 51.0 Å². The Morgan fingerprint density at radius 3 is 2.29 bits per heavy atom. The molecule has 1 aliphatic heterocycles. The molecule has 2 heterocycles. The van der Waals surface area contributed by atoms with Crippen LogP contribution in [0.1, 0.15) is 26.7 Å². The van der Waals surface area contributed by atoms with Crippen molar-refractivity contribution in [2.45, 2.75) is 32.7 Å². The summed E-state index contributed by atoms with van der Waals surface area (Å²) in [5.41, 5.74) is 0. The lowest BCUT2D eigenvalue weighted by Gasteiger charge is -2.31. The van der Waals surface area contributed by atoms with Gasteiger partial charge in [-0.25, -0.2) is 0 Å². The van der Waals surface area contributed by atoms with Gasteiger partial charge in [-0.15, -0.1) is 0 Å². The monoisotopic (exact) mass is 294 g/mol. The van der Waals surface area contributed by atoms with Crippen LogP contribution in [0.5, 0.6) is 0 Å². The highest BCUT2D eigenvalue weighted by Crippen LogP contribution is 2.21. The Kier molecular flexibility index (Phi) is 5.55. The van der Waals surface area contributed by atoms with E-state index < -0.39 is 0 Å². The molecule has 1 fully saturated rings. The molecule has 0 saturated carbocycles. The summed E-state index contributed by atoms with van der Waals surface area (Å²) in [5, 5.41) is 3.03. The smallest absolute Gasteiger partial charge is 0.231 e. The van der Waals surface area contributed by atoms with Crippen LogP contribution in [0.25, 0.3) is 0 Å². The Bertz CT molecular complexity index is 445. The van der Waals surface area contributed by atoms with Crippen molar-refractivity contribution in [3.8, 4) is 0 Å². The van der Waals surface area contributed by atoms with Crippen LogP contribution in [-0.2, 0) is 4.74 Å². The standard InChI is InChI=1S/C14H26N6O/c1-5-20(6-2)14-17-12(15-3)16-13(18-14)19(4)11-7-9-21-10-8-11/h11H,5-10H2,1-4H3,(H,15,16,17,18). The summed E-state index contributed by atoms with van der Waals surface area (Å²) in [5.74, 6) is 2.07. The van der Waals surface area contributed by atoms with Gasteiger partial charge in [-0.05, 0) is 26.7 Å². The van der Waals surface area contributed by atoms with Crippen molar-refractivity contribution in [1.29, 1.82) is 0 Å². The van der Waals surface area contributed by atoms with Gasteiger partial charge in [-0.3, -0.25) is 0 Å². The summed E-state index contributed by atoms with van der Waals surface area (Å²) in [6.45, 7) is 7.58. The van der Waals surface area contributed by atoms with Gasteiger partial charge in [0.05, 0.1) is 0 Å². The van der Waals surface area contributed by atoms with Crippen LogP contribution in [-0.4, -0.2) is 61.4 Å². The lowest BCUT2D eigenvalue weighted by Crippen LogP contribution is -2.38. The third-order valence-corrected chi connectivity index (χ3v) is 3.94. The average molecular weight is 294 g/mol. The maximum atomic E-state index is 5.43. The molecule has 1 aromatic rings. The zero-order chi connectivity index (χ0) is 15.2. The van der Waals surface area contributed by atoms with Gasteiger partial charge >= 0.3 is 0 Å². The van der Waals surface area contributed by atoms with Crippen LogP contribution in [0.3, 0.4) is 0 Å². The lowest BCUT2D eigenvalue weighted by molar-refractivity contribution is 0.0852. The number of ether oxygens (including phenoxy) is 1. The van der Waals surface area contributed by atoms with Crippen molar-refractivity contribution in [3.63, 3.8) is 0 Å². The lowest BCUT2D eigenvalue weighted by atomic mass is 10.1. The van der Waals surface area contributed by atoms with Crippen molar-refractivity contribution in [2.75, 3.05) is 55.5 Å². The van der Waals surface area contributed by atoms with E-state index in [1.807, 2.05) is 7.05 Å². The van der Waals surface area contributed by atoms with Crippen LogP contribution < -0.4 is 15.1 Å². The highest BCUT2D eigenvalue weighted by atomic mass is 16.5. The van der Waals surface area contributed by atoms with Gasteiger partial charge in [-0.2, -0.15) is 15.0 Å². The summed E-state index contributed by atoms with van der Waals surface area (Å²) in [7, 11) is 3.89. The summed E-state index contributed by atoms with van der Waals surface area (Å²) in [4.78, 5) is 17.9. The van der Waals surface area contributed by atoms with E-state index in [0.717, 1.165) is 51.0 Å². The molecule has 1 aliphatic rings. The van der Waals surface area contributed by atoms with E-state index in [-0.39, 0.29) is 0 Å². The molecule has 7 nitrogen and oxygen atoms in total. The number of aromatic nitrogens is 3. The van der Waals surface area contributed by atoms with E-state index in [9.17, 15) is 0 Å². The van der Waals surface area contributed by atoms with E-state index in [0.29, 0.717) is 12.0 Å². The maximum absolute atomic E-state index is 5.43. The van der Waals surface area contributed by atoms with Crippen molar-refractivity contribution in [2.24, 2.45) is 0 Å². The highest BCUT2D eigenvalue weighted by molar-refractivity contribution is 5.45. The molecule has 0 radical (unpaired) electrons. The maximum Gasteiger partial charge on any atom is 0.231 e. The van der Waals surface area contributed by atoms with Crippen LogP contribution >= 0.6 is 0 Å². The molecule has 7 heteroatoms. The molecule has 1 aromatic heterocycles. The van der Waals surface area contributed by atoms with E-state index in [1.54, 1.807) is 0 Å². The molecular weight excluding hydrogens is 268 g/mol. The molecule has 0 amide bonds. The van der Waals surface area contributed by atoms with Gasteiger partial charge in [-0.1, -0.05) is 0 Å². The van der Waals surface area contributed by atoms with E-state index >= 15 is 0 Å². The van der Waals surface area contributed by atoms with Gasteiger partial charge < -0.3 is 19.9 Å². The topological polar surface area (TPSA) is 66.4 Å². The number of nitrogens with zero attached hydrogens (tertiary/aromatic N) is 5. The molecule has 1 saturated heterocycles. The quantitative estimate of drug-likeness (QED) is 0.850. The summed E-state index contributed by atoms with van der Waals surface area (Å²) >= 11 is 0. The van der Waals surface area contributed by atoms with Crippen molar-refractivity contribution in [3.05, 3.63) is 0 Å². The van der Waals surface area contributed by atoms with Crippen LogP contribution in [0.15, 0.2) is 0 Å². The third kappa shape index (κ3) is 3.72. The van der Waals surface area contributed by atoms with Crippen molar-refractivity contribution >= 4 is 17.8 Å². The number of anilines is 3. The molecule has 0 bridgehead atoms. The fourth-order valence-electron chi connectivity index (χ4n) is 2.51. The van der Waals surface area contributed by atoms with Crippen LogP contribution in [0, 0.1) is 0 Å². The van der Waals surface area contributed by atoms with E-state index in [1.165, 1.54) is 0 Å². The molecule has 118 valence electrons. The first kappa shape index (κ1) is 15.8. The fraction of sp³-hybridized carbons (Fsp3) is 0.786. The predicted octanol–water partition coefficient (Wildman–Crippen LogP) is 1.37. The second kappa shape index (κ2) is 7.40. The normalized spacial score (nSPS) is 15.8. The first-order valence-electron chi connectivity index (χ1n) is 7.68. The Morgan fingerprint density at radius 2 is 1.71 bits per heavy atom. The molecule has 1 N–H and O–H groups in total. The molecule has 0 spiro atoms. The van der Waals surface area contributed by atoms with Crippen molar-refractivity contribution in [1.82, 2.24) is 15.0 Å². The minimum absolute atomic E-state index is 0.426. The van der Waals surface area contributed by atoms with Gasteiger partial charge in [0.2, 0.25) is 17.8 Å². The first-order chi connectivity index (χ1) is 10.2. The molecular formula is C14H26N6O. The zero-order valence-corrected chi connectivity index (χ0v) is 13.5. The molecule has 21 heavy (non-hydrogen) atoms. The Labute approximate surface area is 126 Å². The molecule has 0 aliphatic carbocycles. The Morgan fingerprint density at radius 1 is 1.10 bits per heavy atom. The number of hydrogen-bond donors (Lipinski definition) is 1. The zero-order valence-electron chi connectivity index (χ0n) is 13.5. The Hall–Kier alpha value is -1.63. The number of nitrogens with one attached hydrogen (secondary N) is 1. The first-order valence-corrected chi connectivity index (χ1v) is 7.68. The Balaban J connectivity index is 2.26. The second-order valence-electron chi connectivity index (χ2n) is 5.14. The van der Waals surface area contributed by atoms with Crippen molar-refractivity contribution < 1.29 is 4.74 Å². The molecule has 0 atom stereocenters. The highest BCUT2D eigenvalue weighted by Gasteiger charge is 2.22. The molecule has 2 rings (SSSR count). The number of hydrogen-bond acceptors (Lipinski definition) is 7. The molecule has 0 aromatic carbocycles. The third-order valence-electron chi connectivity index (χ3n) is 3.94.